The highest BCUT2D eigenvalue weighted by Crippen LogP contribution is 2.08. The van der Waals surface area contributed by atoms with E-state index in [2.05, 4.69) is 13.8 Å². The molecule has 90 valence electrons. The summed E-state index contributed by atoms with van der Waals surface area (Å²) in [6.45, 7) is 7.06. The van der Waals surface area contributed by atoms with Gasteiger partial charge in [-0.2, -0.15) is 0 Å². The van der Waals surface area contributed by atoms with E-state index in [1.165, 1.54) is 0 Å². The number of aliphatic hydroxyl groups is 1. The van der Waals surface area contributed by atoms with Gasteiger partial charge in [0.2, 0.25) is 5.91 Å². The minimum atomic E-state index is -0.214. The second-order valence-corrected chi connectivity index (χ2v) is 4.58. The Morgan fingerprint density at radius 1 is 1.40 bits per heavy atom. The van der Waals surface area contributed by atoms with Crippen LogP contribution in [0, 0.1) is 11.8 Å². The first-order valence-electron chi connectivity index (χ1n) is 5.88. The number of aliphatic hydroxyl groups excluding tert-OH is 1. The van der Waals surface area contributed by atoms with Crippen LogP contribution < -0.4 is 0 Å². The van der Waals surface area contributed by atoms with E-state index in [0.717, 1.165) is 19.4 Å². The zero-order valence-electron chi connectivity index (χ0n) is 10.5. The van der Waals surface area contributed by atoms with E-state index in [-0.39, 0.29) is 18.4 Å². The summed E-state index contributed by atoms with van der Waals surface area (Å²) in [6, 6.07) is 0. The van der Waals surface area contributed by atoms with E-state index >= 15 is 0 Å². The largest absolute Gasteiger partial charge is 0.396 e. The molecule has 0 saturated carbocycles. The molecule has 0 saturated heterocycles. The van der Waals surface area contributed by atoms with Crippen LogP contribution in [0.15, 0.2) is 0 Å². The van der Waals surface area contributed by atoms with Gasteiger partial charge in [-0.15, -0.1) is 0 Å². The summed E-state index contributed by atoms with van der Waals surface area (Å²) in [7, 11) is 1.82. The molecule has 0 spiro atoms. The highest BCUT2D eigenvalue weighted by Gasteiger charge is 2.18. The molecule has 0 aromatic rings. The van der Waals surface area contributed by atoms with Crippen molar-refractivity contribution in [2.45, 2.75) is 40.0 Å². The second-order valence-electron chi connectivity index (χ2n) is 4.58. The van der Waals surface area contributed by atoms with Gasteiger partial charge in [-0.3, -0.25) is 4.79 Å². The second kappa shape index (κ2) is 7.69. The summed E-state index contributed by atoms with van der Waals surface area (Å²) in [5.41, 5.74) is 0. The van der Waals surface area contributed by atoms with Crippen LogP contribution >= 0.6 is 0 Å². The molecular weight excluding hydrogens is 190 g/mol. The van der Waals surface area contributed by atoms with E-state index < -0.39 is 0 Å². The number of rotatable bonds is 7. The molecule has 0 bridgehead atoms. The van der Waals surface area contributed by atoms with Crippen molar-refractivity contribution in [3.05, 3.63) is 0 Å². The molecule has 1 amide bonds. The Hall–Kier alpha value is -0.570. The molecule has 0 heterocycles. The summed E-state index contributed by atoms with van der Waals surface area (Å²) in [6.07, 6.45) is 2.90. The molecule has 15 heavy (non-hydrogen) atoms. The van der Waals surface area contributed by atoms with Crippen molar-refractivity contribution >= 4 is 5.91 Å². The van der Waals surface area contributed by atoms with Gasteiger partial charge in [0.1, 0.15) is 0 Å². The molecule has 0 aliphatic heterocycles. The van der Waals surface area contributed by atoms with Crippen molar-refractivity contribution in [3.63, 3.8) is 0 Å². The number of nitrogens with zero attached hydrogens (tertiary/aromatic N) is 1. The van der Waals surface area contributed by atoms with Gasteiger partial charge in [-0.25, -0.2) is 0 Å². The number of amides is 1. The number of hydrogen-bond donors (Lipinski definition) is 1. The van der Waals surface area contributed by atoms with E-state index in [0.29, 0.717) is 12.3 Å². The van der Waals surface area contributed by atoms with Crippen molar-refractivity contribution in [2.75, 3.05) is 20.2 Å². The molecule has 3 heteroatoms. The van der Waals surface area contributed by atoms with Crippen LogP contribution in [0.4, 0.5) is 0 Å². The molecule has 0 rings (SSSR count). The van der Waals surface area contributed by atoms with Crippen molar-refractivity contribution in [3.8, 4) is 0 Å². The fourth-order valence-corrected chi connectivity index (χ4v) is 1.54. The molecule has 0 aliphatic rings. The lowest BCUT2D eigenvalue weighted by Gasteiger charge is -2.22. The van der Waals surface area contributed by atoms with Gasteiger partial charge in [0.05, 0.1) is 12.5 Å². The van der Waals surface area contributed by atoms with Gasteiger partial charge in [0.15, 0.2) is 0 Å². The number of hydrogen-bond acceptors (Lipinski definition) is 2. The molecule has 1 N–H and O–H groups in total. The topological polar surface area (TPSA) is 40.5 Å². The van der Waals surface area contributed by atoms with Crippen molar-refractivity contribution in [1.82, 2.24) is 4.90 Å². The molecule has 0 aromatic heterocycles. The molecule has 0 aliphatic carbocycles. The third-order valence-electron chi connectivity index (χ3n) is 2.71. The zero-order chi connectivity index (χ0) is 11.8. The molecule has 0 aromatic carbocycles. The Kier molecular flexibility index (Phi) is 7.39. The normalized spacial score (nSPS) is 12.9. The Labute approximate surface area is 93.5 Å². The standard InChI is InChI=1S/C12H25NO2/c1-5-11(9-14)12(15)13(4)8-6-7-10(2)3/h10-11,14H,5-9H2,1-4H3. The van der Waals surface area contributed by atoms with Crippen LogP contribution in [-0.2, 0) is 4.79 Å². The summed E-state index contributed by atoms with van der Waals surface area (Å²) < 4.78 is 0. The Morgan fingerprint density at radius 3 is 2.40 bits per heavy atom. The van der Waals surface area contributed by atoms with Crippen LogP contribution in [0.25, 0.3) is 0 Å². The maximum Gasteiger partial charge on any atom is 0.227 e. The monoisotopic (exact) mass is 215 g/mol. The molecule has 0 fully saturated rings. The first-order chi connectivity index (χ1) is 7.02. The maximum atomic E-state index is 11.7. The van der Waals surface area contributed by atoms with Gasteiger partial charge in [-0.1, -0.05) is 20.8 Å². The molecule has 0 radical (unpaired) electrons. The average Bonchev–Trinajstić information content (AvgIpc) is 2.18. The third kappa shape index (κ3) is 5.78. The quantitative estimate of drug-likeness (QED) is 0.704. The minimum absolute atomic E-state index is 0.0378. The summed E-state index contributed by atoms with van der Waals surface area (Å²) >= 11 is 0. The summed E-state index contributed by atoms with van der Waals surface area (Å²) in [5.74, 6) is 0.547. The van der Waals surface area contributed by atoms with Crippen LogP contribution in [0.3, 0.4) is 0 Å². The van der Waals surface area contributed by atoms with E-state index in [1.54, 1.807) is 4.90 Å². The molecule has 1 unspecified atom stereocenters. The Balaban J connectivity index is 3.87. The first kappa shape index (κ1) is 14.4. The third-order valence-corrected chi connectivity index (χ3v) is 2.71. The van der Waals surface area contributed by atoms with E-state index in [9.17, 15) is 4.79 Å². The predicted octanol–water partition coefficient (Wildman–Crippen LogP) is 1.90. The average molecular weight is 215 g/mol. The lowest BCUT2D eigenvalue weighted by molar-refractivity contribution is -0.135. The van der Waals surface area contributed by atoms with E-state index in [1.807, 2.05) is 14.0 Å². The van der Waals surface area contributed by atoms with Crippen molar-refractivity contribution in [1.29, 1.82) is 0 Å². The van der Waals surface area contributed by atoms with Crippen molar-refractivity contribution in [2.24, 2.45) is 11.8 Å². The summed E-state index contributed by atoms with van der Waals surface area (Å²) in [5, 5.41) is 9.01. The SMILES string of the molecule is CCC(CO)C(=O)N(C)CCCC(C)C. The minimum Gasteiger partial charge on any atom is -0.396 e. The maximum absolute atomic E-state index is 11.7. The van der Waals surface area contributed by atoms with Crippen LogP contribution in [0.1, 0.15) is 40.0 Å². The van der Waals surface area contributed by atoms with Gasteiger partial charge in [0.25, 0.3) is 0 Å². The molecule has 1 atom stereocenters. The fraction of sp³-hybridized carbons (Fsp3) is 0.917. The zero-order valence-corrected chi connectivity index (χ0v) is 10.5. The highest BCUT2D eigenvalue weighted by atomic mass is 16.3. The Morgan fingerprint density at radius 2 is 2.00 bits per heavy atom. The predicted molar refractivity (Wildman–Crippen MR) is 62.6 cm³/mol. The lowest BCUT2D eigenvalue weighted by atomic mass is 10.1. The van der Waals surface area contributed by atoms with Gasteiger partial charge in [0, 0.05) is 13.6 Å². The highest BCUT2D eigenvalue weighted by molar-refractivity contribution is 5.78. The van der Waals surface area contributed by atoms with Crippen molar-refractivity contribution < 1.29 is 9.90 Å². The van der Waals surface area contributed by atoms with Gasteiger partial charge < -0.3 is 10.0 Å². The van der Waals surface area contributed by atoms with Crippen LogP contribution in [-0.4, -0.2) is 36.1 Å². The number of carbonyl (C=O) groups excluding carboxylic acids is 1. The van der Waals surface area contributed by atoms with Gasteiger partial charge in [-0.05, 0) is 25.2 Å². The molecule has 3 nitrogen and oxygen atoms in total. The smallest absolute Gasteiger partial charge is 0.227 e. The Bertz CT molecular complexity index is 176. The fourth-order valence-electron chi connectivity index (χ4n) is 1.54. The summed E-state index contributed by atoms with van der Waals surface area (Å²) in [4.78, 5) is 13.5. The van der Waals surface area contributed by atoms with Crippen LogP contribution in [0.2, 0.25) is 0 Å². The number of carbonyl (C=O) groups is 1. The first-order valence-corrected chi connectivity index (χ1v) is 5.88. The molecular formula is C12H25NO2. The van der Waals surface area contributed by atoms with E-state index in [4.69, 9.17) is 5.11 Å². The van der Waals surface area contributed by atoms with Gasteiger partial charge >= 0.3 is 0 Å². The van der Waals surface area contributed by atoms with Crippen LogP contribution in [0.5, 0.6) is 0 Å². The lowest BCUT2D eigenvalue weighted by Crippen LogP contribution is -2.35.